The molecule has 0 bridgehead atoms. The number of hydrogen-bond donors (Lipinski definition) is 1. The van der Waals surface area contributed by atoms with Crippen LogP contribution in [0, 0.1) is 0 Å². The molecule has 0 aliphatic carbocycles. The predicted octanol–water partition coefficient (Wildman–Crippen LogP) is -1.53. The minimum absolute atomic E-state index is 0. The maximum Gasteiger partial charge on any atom is 0.261 e. The van der Waals surface area contributed by atoms with Crippen LogP contribution in [-0.2, 0) is 0 Å². The van der Waals surface area contributed by atoms with Gasteiger partial charge in [-0.1, -0.05) is 18.2 Å². The first-order valence-corrected chi connectivity index (χ1v) is 4.89. The minimum Gasteiger partial charge on any atom is -1.00 e. The molecule has 5 heteroatoms. The highest BCUT2D eigenvalue weighted by Crippen LogP contribution is 2.07. The van der Waals surface area contributed by atoms with E-state index in [0.29, 0.717) is 0 Å². The lowest BCUT2D eigenvalue weighted by Crippen LogP contribution is -3.00. The van der Waals surface area contributed by atoms with Gasteiger partial charge in [-0.15, -0.1) is 0 Å². The number of halogens is 1. The molecule has 0 aliphatic rings. The summed E-state index contributed by atoms with van der Waals surface area (Å²) in [5, 5.41) is 8.25. The van der Waals surface area contributed by atoms with E-state index in [0.717, 1.165) is 10.8 Å². The van der Waals surface area contributed by atoms with Crippen molar-refractivity contribution < 1.29 is 17.1 Å². The van der Waals surface area contributed by atoms with Gasteiger partial charge >= 0.3 is 0 Å². The smallest absolute Gasteiger partial charge is 0.261 e. The van der Waals surface area contributed by atoms with E-state index in [4.69, 9.17) is 0 Å². The third-order valence-corrected chi connectivity index (χ3v) is 2.51. The van der Waals surface area contributed by atoms with Crippen molar-refractivity contribution in [2.45, 2.75) is 0 Å². The zero-order chi connectivity index (χ0) is 9.10. The van der Waals surface area contributed by atoms with Crippen LogP contribution in [0.15, 0.2) is 35.8 Å². The quantitative estimate of drug-likeness (QED) is 0.631. The lowest BCUT2D eigenvalue weighted by molar-refractivity contribution is -0.652. The molecule has 2 aromatic rings. The van der Waals surface area contributed by atoms with E-state index in [1.165, 1.54) is 0 Å². The number of anilines is 1. The maximum absolute atomic E-state index is 4.32. The Balaban J connectivity index is 0.000000980. The van der Waals surface area contributed by atoms with Crippen molar-refractivity contribution in [2.75, 3.05) is 12.4 Å². The molecule has 0 radical (unpaired) electrons. The van der Waals surface area contributed by atoms with E-state index in [2.05, 4.69) is 10.4 Å². The number of rotatable bonds is 2. The molecule has 0 unspecified atom stereocenters. The van der Waals surface area contributed by atoms with E-state index in [1.54, 1.807) is 11.3 Å². The van der Waals surface area contributed by atoms with Crippen LogP contribution in [0.25, 0.3) is 5.69 Å². The number of hydrogen-bond acceptors (Lipinski definition) is 3. The van der Waals surface area contributed by atoms with Gasteiger partial charge in [-0.25, -0.2) is 0 Å². The van der Waals surface area contributed by atoms with E-state index in [1.807, 2.05) is 47.6 Å². The van der Waals surface area contributed by atoms with Crippen molar-refractivity contribution in [1.29, 1.82) is 0 Å². The molecule has 3 nitrogen and oxygen atoms in total. The fourth-order valence-corrected chi connectivity index (χ4v) is 1.67. The van der Waals surface area contributed by atoms with Crippen LogP contribution in [0.3, 0.4) is 0 Å². The molecular formula is C9H10ClN3S. The van der Waals surface area contributed by atoms with Gasteiger partial charge in [0, 0.05) is 24.3 Å². The minimum atomic E-state index is 0. The molecule has 1 aromatic heterocycles. The summed E-state index contributed by atoms with van der Waals surface area (Å²) in [7, 11) is 1.87. The summed E-state index contributed by atoms with van der Waals surface area (Å²) in [5.41, 5.74) is 3.06. The molecule has 0 saturated carbocycles. The van der Waals surface area contributed by atoms with Gasteiger partial charge in [-0.05, 0) is 16.0 Å². The molecule has 2 rings (SSSR count). The number of nitrogens with zero attached hydrogens (tertiary/aromatic N) is 2. The first-order chi connectivity index (χ1) is 6.40. The molecule has 0 saturated heterocycles. The zero-order valence-corrected chi connectivity index (χ0v) is 9.22. The fourth-order valence-electron chi connectivity index (χ4n) is 1.05. The van der Waals surface area contributed by atoms with Crippen LogP contribution in [0.4, 0.5) is 5.13 Å². The third kappa shape index (κ3) is 2.21. The Morgan fingerprint density at radius 3 is 2.57 bits per heavy atom. The van der Waals surface area contributed by atoms with Gasteiger partial charge in [0.1, 0.15) is 0 Å². The Morgan fingerprint density at radius 1 is 1.29 bits per heavy atom. The Morgan fingerprint density at radius 2 is 2.00 bits per heavy atom. The summed E-state index contributed by atoms with van der Waals surface area (Å²) in [5.74, 6) is 0. The highest BCUT2D eigenvalue weighted by molar-refractivity contribution is 7.13. The van der Waals surface area contributed by atoms with Gasteiger partial charge in [0.15, 0.2) is 0 Å². The standard InChI is InChI=1S/C9H10N3S.ClH/c1-10-9-11-12(7-13-9)8-5-3-2-4-6-8;/h2-7H,1H3,(H,10,11);1H/q+1;/p-1. The van der Waals surface area contributed by atoms with Crippen LogP contribution >= 0.6 is 11.3 Å². The van der Waals surface area contributed by atoms with Gasteiger partial charge in [0.05, 0.1) is 0 Å². The van der Waals surface area contributed by atoms with Crippen molar-refractivity contribution in [3.63, 3.8) is 0 Å². The van der Waals surface area contributed by atoms with Crippen LogP contribution in [0.1, 0.15) is 0 Å². The Labute approximate surface area is 92.8 Å². The highest BCUT2D eigenvalue weighted by Gasteiger charge is 2.09. The van der Waals surface area contributed by atoms with E-state index in [9.17, 15) is 0 Å². The van der Waals surface area contributed by atoms with Crippen LogP contribution in [0.5, 0.6) is 0 Å². The van der Waals surface area contributed by atoms with E-state index < -0.39 is 0 Å². The van der Waals surface area contributed by atoms with Crippen LogP contribution in [-0.4, -0.2) is 12.1 Å². The van der Waals surface area contributed by atoms with Crippen molar-refractivity contribution in [3.8, 4) is 5.69 Å². The molecule has 1 heterocycles. The molecule has 0 aliphatic heterocycles. The van der Waals surface area contributed by atoms with Gasteiger partial charge in [0.25, 0.3) is 10.6 Å². The normalized spacial score (nSPS) is 9.21. The van der Waals surface area contributed by atoms with E-state index >= 15 is 0 Å². The van der Waals surface area contributed by atoms with E-state index in [-0.39, 0.29) is 12.4 Å². The van der Waals surface area contributed by atoms with Gasteiger partial charge in [0.2, 0.25) is 5.69 Å². The van der Waals surface area contributed by atoms with Gasteiger partial charge < -0.3 is 17.7 Å². The molecule has 0 spiro atoms. The molecule has 14 heavy (non-hydrogen) atoms. The van der Waals surface area contributed by atoms with Crippen LogP contribution in [0.2, 0.25) is 0 Å². The second-order valence-corrected chi connectivity index (χ2v) is 3.39. The summed E-state index contributed by atoms with van der Waals surface area (Å²) < 4.78 is 1.86. The summed E-state index contributed by atoms with van der Waals surface area (Å²) in [6, 6.07) is 10.1. The lowest BCUT2D eigenvalue weighted by Gasteiger charge is -1.86. The second-order valence-electron chi connectivity index (χ2n) is 2.56. The summed E-state index contributed by atoms with van der Waals surface area (Å²) >= 11 is 1.59. The Bertz CT molecular complexity index is 388. The third-order valence-electron chi connectivity index (χ3n) is 1.70. The van der Waals surface area contributed by atoms with Crippen molar-refractivity contribution in [2.24, 2.45) is 0 Å². The van der Waals surface area contributed by atoms with Crippen molar-refractivity contribution >= 4 is 16.5 Å². The summed E-state index contributed by atoms with van der Waals surface area (Å²) in [6.45, 7) is 0. The monoisotopic (exact) mass is 227 g/mol. The second kappa shape index (κ2) is 4.93. The summed E-state index contributed by atoms with van der Waals surface area (Å²) in [6.07, 6.45) is 0. The van der Waals surface area contributed by atoms with Crippen molar-refractivity contribution in [3.05, 3.63) is 35.8 Å². The van der Waals surface area contributed by atoms with Crippen molar-refractivity contribution in [1.82, 2.24) is 5.10 Å². The zero-order valence-electron chi connectivity index (χ0n) is 7.64. The largest absolute Gasteiger partial charge is 1.00 e. The number of aromatic nitrogens is 2. The van der Waals surface area contributed by atoms with Crippen LogP contribution < -0.4 is 22.4 Å². The molecule has 0 fully saturated rings. The predicted molar refractivity (Wildman–Crippen MR) is 53.2 cm³/mol. The maximum atomic E-state index is 4.32. The Kier molecular flexibility index (Phi) is 3.85. The average molecular weight is 228 g/mol. The topological polar surface area (TPSA) is 28.8 Å². The average Bonchev–Trinajstić information content (AvgIpc) is 2.67. The number of nitrogens with one attached hydrogen (secondary N) is 1. The van der Waals surface area contributed by atoms with Gasteiger partial charge in [-0.2, -0.15) is 0 Å². The lowest BCUT2D eigenvalue weighted by atomic mass is 10.3. The molecule has 1 aromatic carbocycles. The van der Waals surface area contributed by atoms with Gasteiger partial charge in [-0.3, -0.25) is 0 Å². The highest BCUT2D eigenvalue weighted by atomic mass is 35.5. The molecule has 1 N–H and O–H groups in total. The molecular weight excluding hydrogens is 218 g/mol. The number of para-hydroxylation sites is 1. The molecule has 74 valence electrons. The number of benzene rings is 1. The fraction of sp³-hybridized carbons (Fsp3) is 0.111. The Hall–Kier alpha value is -1.13. The summed E-state index contributed by atoms with van der Waals surface area (Å²) in [4.78, 5) is 0. The molecule has 0 atom stereocenters. The SMILES string of the molecule is CNc1n[n+](-c2ccccc2)cs1.[Cl-]. The first kappa shape index (κ1) is 10.9. The molecule has 0 amide bonds. The first-order valence-electron chi connectivity index (χ1n) is 4.01.